The van der Waals surface area contributed by atoms with Crippen LogP contribution in [0.4, 0.5) is 0 Å². The summed E-state index contributed by atoms with van der Waals surface area (Å²) in [6, 6.07) is 15.8. The van der Waals surface area contributed by atoms with Crippen molar-refractivity contribution in [2.75, 3.05) is 6.26 Å². The van der Waals surface area contributed by atoms with Crippen LogP contribution in [0.3, 0.4) is 0 Å². The summed E-state index contributed by atoms with van der Waals surface area (Å²) in [5.41, 5.74) is 3.06. The lowest BCUT2D eigenvalue weighted by Crippen LogP contribution is -2.33. The summed E-state index contributed by atoms with van der Waals surface area (Å²) in [6.07, 6.45) is 4.35. The van der Waals surface area contributed by atoms with Crippen LogP contribution in [0.5, 0.6) is 0 Å². The number of fused-ring (bicyclic) bond motifs is 1. The molecule has 4 nitrogen and oxygen atoms in total. The number of aromatic nitrogens is 2. The van der Waals surface area contributed by atoms with E-state index < -0.39 is 0 Å². The standard InChI is InChI=1S/C21H22ClN3OS/c1-27-13-19-23-17-4-2-3-5-18(17)25(19)12-20(26)24-21(14-6-7-14)15-8-10-16(22)11-9-15/h2-5,8-11,14,21H,6-7,12-13H2,1H3,(H,24,26). The molecule has 0 aliphatic heterocycles. The molecule has 1 aliphatic carbocycles. The average molecular weight is 400 g/mol. The van der Waals surface area contributed by atoms with Gasteiger partial charge in [-0.2, -0.15) is 11.8 Å². The van der Waals surface area contributed by atoms with E-state index in [1.54, 1.807) is 11.8 Å². The van der Waals surface area contributed by atoms with Crippen LogP contribution in [0.2, 0.25) is 5.02 Å². The number of amides is 1. The van der Waals surface area contributed by atoms with E-state index in [4.69, 9.17) is 16.6 Å². The lowest BCUT2D eigenvalue weighted by atomic mass is 10.0. The Morgan fingerprint density at radius 1 is 1.26 bits per heavy atom. The molecule has 140 valence electrons. The number of nitrogens with one attached hydrogen (secondary N) is 1. The number of imidazole rings is 1. The van der Waals surface area contributed by atoms with Crippen LogP contribution >= 0.6 is 23.4 Å². The molecule has 1 atom stereocenters. The van der Waals surface area contributed by atoms with Crippen LogP contribution in [-0.4, -0.2) is 21.7 Å². The van der Waals surface area contributed by atoms with Gasteiger partial charge in [0.05, 0.1) is 22.8 Å². The summed E-state index contributed by atoms with van der Waals surface area (Å²) >= 11 is 7.73. The smallest absolute Gasteiger partial charge is 0.240 e. The molecule has 1 aliphatic rings. The van der Waals surface area contributed by atoms with Crippen LogP contribution in [0.15, 0.2) is 48.5 Å². The molecule has 1 heterocycles. The van der Waals surface area contributed by atoms with Gasteiger partial charge in [-0.3, -0.25) is 4.79 Å². The lowest BCUT2D eigenvalue weighted by molar-refractivity contribution is -0.122. The molecule has 0 bridgehead atoms. The van der Waals surface area contributed by atoms with E-state index in [2.05, 4.69) is 5.32 Å². The minimum absolute atomic E-state index is 0.0207. The van der Waals surface area contributed by atoms with Gasteiger partial charge in [-0.15, -0.1) is 0 Å². The fraction of sp³-hybridized carbons (Fsp3) is 0.333. The van der Waals surface area contributed by atoms with Gasteiger partial charge >= 0.3 is 0 Å². The monoisotopic (exact) mass is 399 g/mol. The van der Waals surface area contributed by atoms with Gasteiger partial charge in [-0.25, -0.2) is 4.98 Å². The summed E-state index contributed by atoms with van der Waals surface area (Å²) in [5, 5.41) is 3.96. The molecule has 3 aromatic rings. The van der Waals surface area contributed by atoms with Crippen LogP contribution in [0, 0.1) is 5.92 Å². The molecule has 0 radical (unpaired) electrons. The van der Waals surface area contributed by atoms with Crippen molar-refractivity contribution in [3.63, 3.8) is 0 Å². The number of rotatable bonds is 7. The van der Waals surface area contributed by atoms with E-state index in [0.717, 1.165) is 41.0 Å². The summed E-state index contributed by atoms with van der Waals surface area (Å²) < 4.78 is 2.03. The van der Waals surface area contributed by atoms with Crippen LogP contribution in [0.1, 0.15) is 30.3 Å². The number of carbonyl (C=O) groups is 1. The third-order valence-corrected chi connectivity index (χ3v) is 5.75. The summed E-state index contributed by atoms with van der Waals surface area (Å²) in [7, 11) is 0. The highest BCUT2D eigenvalue weighted by Gasteiger charge is 2.33. The highest BCUT2D eigenvalue weighted by molar-refractivity contribution is 7.97. The van der Waals surface area contributed by atoms with Gasteiger partial charge in [0.1, 0.15) is 12.4 Å². The molecule has 1 aromatic heterocycles. The maximum absolute atomic E-state index is 12.9. The molecule has 0 saturated heterocycles. The maximum Gasteiger partial charge on any atom is 0.240 e. The number of hydrogen-bond donors (Lipinski definition) is 1. The van der Waals surface area contributed by atoms with Crippen molar-refractivity contribution in [3.05, 3.63) is 64.9 Å². The first-order chi connectivity index (χ1) is 13.2. The van der Waals surface area contributed by atoms with Crippen molar-refractivity contribution < 1.29 is 4.79 Å². The third-order valence-electron chi connectivity index (χ3n) is 4.95. The number of carbonyl (C=O) groups excluding carboxylic acids is 1. The maximum atomic E-state index is 12.9. The number of thioether (sulfide) groups is 1. The molecular formula is C21H22ClN3OS. The zero-order chi connectivity index (χ0) is 18.8. The number of para-hydroxylation sites is 2. The minimum atomic E-state index is 0.0207. The predicted molar refractivity (Wildman–Crippen MR) is 112 cm³/mol. The normalized spacial score (nSPS) is 15.0. The van der Waals surface area contributed by atoms with E-state index in [1.165, 1.54) is 0 Å². The van der Waals surface area contributed by atoms with E-state index in [1.807, 2.05) is 59.4 Å². The number of benzene rings is 2. The Labute approximate surface area is 168 Å². The first kappa shape index (κ1) is 18.4. The SMILES string of the molecule is CSCc1nc2ccccc2n1CC(=O)NC(c1ccc(Cl)cc1)C1CC1. The van der Waals surface area contributed by atoms with Gasteiger partial charge in [0.25, 0.3) is 0 Å². The average Bonchev–Trinajstić information content (AvgIpc) is 3.45. The summed E-state index contributed by atoms with van der Waals surface area (Å²) in [5.74, 6) is 2.26. The fourth-order valence-corrected chi connectivity index (χ4v) is 4.08. The van der Waals surface area contributed by atoms with Crippen molar-refractivity contribution in [2.24, 2.45) is 5.92 Å². The number of halogens is 1. The highest BCUT2D eigenvalue weighted by Crippen LogP contribution is 2.41. The largest absolute Gasteiger partial charge is 0.347 e. The summed E-state index contributed by atoms with van der Waals surface area (Å²) in [6.45, 7) is 0.285. The molecule has 1 unspecified atom stereocenters. The molecular weight excluding hydrogens is 378 g/mol. The van der Waals surface area contributed by atoms with Gasteiger partial charge in [0.15, 0.2) is 0 Å². The molecule has 1 amide bonds. The van der Waals surface area contributed by atoms with E-state index >= 15 is 0 Å². The Hall–Kier alpha value is -1.98. The highest BCUT2D eigenvalue weighted by atomic mass is 35.5. The van der Waals surface area contributed by atoms with Crippen molar-refractivity contribution in [1.29, 1.82) is 0 Å². The van der Waals surface area contributed by atoms with Gasteiger partial charge in [-0.1, -0.05) is 35.9 Å². The molecule has 1 fully saturated rings. The molecule has 4 rings (SSSR count). The zero-order valence-corrected chi connectivity index (χ0v) is 16.8. The molecule has 6 heteroatoms. The molecule has 0 spiro atoms. The van der Waals surface area contributed by atoms with Gasteiger partial charge in [0.2, 0.25) is 5.91 Å². The van der Waals surface area contributed by atoms with Crippen molar-refractivity contribution in [3.8, 4) is 0 Å². The molecule has 27 heavy (non-hydrogen) atoms. The quantitative estimate of drug-likeness (QED) is 0.619. The Morgan fingerprint density at radius 3 is 2.70 bits per heavy atom. The van der Waals surface area contributed by atoms with Crippen LogP contribution in [-0.2, 0) is 17.1 Å². The number of hydrogen-bond acceptors (Lipinski definition) is 3. The molecule has 1 N–H and O–H groups in total. The first-order valence-corrected chi connectivity index (χ1v) is 10.9. The summed E-state index contributed by atoms with van der Waals surface area (Å²) in [4.78, 5) is 17.6. The van der Waals surface area contributed by atoms with Gasteiger partial charge < -0.3 is 9.88 Å². The Kier molecular flexibility index (Phi) is 5.41. The van der Waals surface area contributed by atoms with Crippen molar-refractivity contribution in [1.82, 2.24) is 14.9 Å². The van der Waals surface area contributed by atoms with Crippen LogP contribution < -0.4 is 5.32 Å². The Bertz CT molecular complexity index is 950. The molecule has 2 aromatic carbocycles. The second-order valence-corrected chi connectivity index (χ2v) is 8.27. The van der Waals surface area contributed by atoms with E-state index in [9.17, 15) is 4.79 Å². The third kappa shape index (κ3) is 4.14. The first-order valence-electron chi connectivity index (χ1n) is 9.13. The lowest BCUT2D eigenvalue weighted by Gasteiger charge is -2.20. The van der Waals surface area contributed by atoms with Crippen LogP contribution in [0.25, 0.3) is 11.0 Å². The minimum Gasteiger partial charge on any atom is -0.347 e. The predicted octanol–water partition coefficient (Wildman–Crippen LogP) is 4.82. The van der Waals surface area contributed by atoms with E-state index in [0.29, 0.717) is 10.9 Å². The second-order valence-electron chi connectivity index (χ2n) is 6.97. The van der Waals surface area contributed by atoms with E-state index in [-0.39, 0.29) is 18.5 Å². The second kappa shape index (κ2) is 7.95. The van der Waals surface area contributed by atoms with Crippen molar-refractivity contribution >= 4 is 40.3 Å². The van der Waals surface area contributed by atoms with Gasteiger partial charge in [-0.05, 0) is 54.8 Å². The Morgan fingerprint density at radius 2 is 2.00 bits per heavy atom. The van der Waals surface area contributed by atoms with Crippen molar-refractivity contribution in [2.45, 2.75) is 31.2 Å². The number of nitrogens with zero attached hydrogens (tertiary/aromatic N) is 2. The van der Waals surface area contributed by atoms with Gasteiger partial charge in [0, 0.05) is 5.02 Å². The molecule has 1 saturated carbocycles. The topological polar surface area (TPSA) is 46.9 Å². The fourth-order valence-electron chi connectivity index (χ4n) is 3.48. The zero-order valence-electron chi connectivity index (χ0n) is 15.2. The Balaban J connectivity index is 1.55.